The van der Waals surface area contributed by atoms with Crippen molar-refractivity contribution in [1.82, 2.24) is 29.9 Å². The average molecular weight is 1370 g/mol. The van der Waals surface area contributed by atoms with Crippen molar-refractivity contribution in [3.05, 3.63) is 211 Å². The van der Waals surface area contributed by atoms with Crippen LogP contribution in [0.15, 0.2) is 134 Å². The summed E-state index contributed by atoms with van der Waals surface area (Å²) >= 11 is 0. The van der Waals surface area contributed by atoms with Gasteiger partial charge in [-0.1, -0.05) is 36.4 Å². The van der Waals surface area contributed by atoms with Gasteiger partial charge in [-0.05, 0) is 72.8 Å². The van der Waals surface area contributed by atoms with Crippen molar-refractivity contribution in [2.24, 2.45) is 0 Å². The molecule has 38 heteroatoms. The van der Waals surface area contributed by atoms with Gasteiger partial charge < -0.3 is 81.9 Å². The van der Waals surface area contributed by atoms with Gasteiger partial charge in [-0.2, -0.15) is 0 Å². The van der Waals surface area contributed by atoms with E-state index in [2.05, 4.69) is 29.9 Å². The summed E-state index contributed by atoms with van der Waals surface area (Å²) in [7, 11) is -0.795. The van der Waals surface area contributed by atoms with Gasteiger partial charge in [0.05, 0.1) is 68.7 Å². The first kappa shape index (κ1) is 91.9. The van der Waals surface area contributed by atoms with E-state index in [4.69, 9.17) is 98.8 Å². The summed E-state index contributed by atoms with van der Waals surface area (Å²) in [4.78, 5) is 27.8. The number of hydrogen-bond donors (Lipinski definition) is 4. The third kappa shape index (κ3) is 33.3. The fraction of sp³-hybridized carbons (Fsp3) is 0.286. The van der Waals surface area contributed by atoms with Crippen LogP contribution >= 0.6 is 0 Å². The largest absolute Gasteiger partial charge is 2.00 e. The Morgan fingerprint density at radius 2 is 0.475 bits per heavy atom. The first-order valence-corrected chi connectivity index (χ1v) is 22.0. The fourth-order valence-corrected chi connectivity index (χ4v) is 5.19. The Balaban J connectivity index is -0.000000150. The molecule has 0 aliphatic carbocycles. The van der Waals surface area contributed by atoms with Crippen molar-refractivity contribution in [2.45, 2.75) is 23.1 Å². The fourth-order valence-electron chi connectivity index (χ4n) is 5.19. The summed E-state index contributed by atoms with van der Waals surface area (Å²) in [6, 6.07) is 28.7. The van der Waals surface area contributed by atoms with Crippen LogP contribution < -0.4 is 57.7 Å². The molecule has 6 aromatic rings. The molecule has 0 saturated carbocycles. The smallest absolute Gasteiger partial charge is 0.819 e. The first-order chi connectivity index (χ1) is 35.9. The van der Waals surface area contributed by atoms with E-state index in [1.54, 1.807) is 84.9 Å². The van der Waals surface area contributed by atoms with E-state index in [9.17, 15) is 20.4 Å². The molecule has 0 aliphatic rings. The molecule has 0 bridgehead atoms. The number of rotatable bonds is 12. The van der Waals surface area contributed by atoms with Crippen molar-refractivity contribution in [2.75, 3.05) is 56.9 Å². The van der Waals surface area contributed by atoms with Crippen molar-refractivity contribution in [3.8, 4) is 0 Å². The molecular formula is C42H50Cl2Cu4N12O20. The normalized spacial score (nSPS) is 12.3. The number of aromatic nitrogens is 6. The minimum Gasteiger partial charge on any atom is -0.819 e. The van der Waals surface area contributed by atoms with Crippen LogP contribution in [-0.4, -0.2) is 107 Å². The molecule has 6 aromatic heterocycles. The van der Waals surface area contributed by atoms with E-state index in [1.807, 2.05) is 0 Å². The average Bonchev–Trinajstić information content (AvgIpc) is 3.45. The van der Waals surface area contributed by atoms with E-state index in [-0.39, 0.29) is 114 Å². The van der Waals surface area contributed by atoms with Crippen LogP contribution in [0.4, 0.5) is 0 Å². The zero-order chi connectivity index (χ0) is 59.7. The Kier molecular flexibility index (Phi) is 57.6. The molecule has 0 aromatic carbocycles. The second-order valence-electron chi connectivity index (χ2n) is 11.9. The molecule has 32 nitrogen and oxygen atoms in total. The van der Waals surface area contributed by atoms with E-state index in [0.717, 1.165) is 28.4 Å². The minimum atomic E-state index is -4.94. The summed E-state index contributed by atoms with van der Waals surface area (Å²) in [5.41, 5.74) is 27.6. The van der Waals surface area contributed by atoms with Gasteiger partial charge in [0.2, 0.25) is 0 Å². The van der Waals surface area contributed by atoms with Gasteiger partial charge in [0.25, 0.3) is 0 Å². The van der Waals surface area contributed by atoms with Crippen LogP contribution in [0, 0.1) is 20.5 Å². The molecule has 6 heterocycles. The third-order valence-electron chi connectivity index (χ3n) is 8.01. The van der Waals surface area contributed by atoms with Crippen molar-refractivity contribution >= 4 is 0 Å². The number of pyridine rings is 6. The molecular weight excluding hydrogens is 1320 g/mol. The molecule has 6 rings (SSSR count). The Morgan fingerprint density at radius 1 is 0.338 bits per heavy atom. The third-order valence-corrected chi connectivity index (χ3v) is 8.01. The minimum absolute atomic E-state index is 0. The number of aliphatic hydroxyl groups excluding tert-OH is 4. The zero-order valence-electron chi connectivity index (χ0n) is 42.4. The molecule has 0 aliphatic heterocycles. The topological polar surface area (TPSA) is 589 Å². The molecule has 0 amide bonds. The second kappa shape index (κ2) is 50.1. The number of ether oxygens (including phenoxy) is 4. The molecule has 0 saturated heterocycles. The predicted octanol–water partition coefficient (Wildman–Crippen LogP) is -8.78. The monoisotopic (exact) mass is 1360 g/mol. The van der Waals surface area contributed by atoms with Gasteiger partial charge >= 0.3 is 68.3 Å². The number of methoxy groups -OCH3 is 4. The molecule has 0 spiro atoms. The molecule has 4 N–H and O–H groups in total. The second-order valence-corrected chi connectivity index (χ2v) is 13.4. The van der Waals surface area contributed by atoms with E-state index in [1.165, 1.54) is 87.3 Å². The van der Waals surface area contributed by atoms with Gasteiger partial charge in [-0.15, -0.1) is 20.5 Å². The van der Waals surface area contributed by atoms with Crippen molar-refractivity contribution in [3.63, 3.8) is 0 Å². The van der Waals surface area contributed by atoms with Crippen LogP contribution in [0.5, 0.6) is 0 Å². The van der Waals surface area contributed by atoms with Crippen LogP contribution in [0.25, 0.3) is 31.9 Å². The van der Waals surface area contributed by atoms with Gasteiger partial charge in [0.15, 0.2) is 0 Å². The Labute approximate surface area is 504 Å². The summed E-state index contributed by atoms with van der Waals surface area (Å²) in [5, 5.41) is 81.1. The van der Waals surface area contributed by atoms with Crippen LogP contribution in [0.3, 0.4) is 0 Å². The number of aliphatic hydroxyl groups is 4. The van der Waals surface area contributed by atoms with Gasteiger partial charge in [-0.3, -0.25) is 39.7 Å². The maximum absolute atomic E-state index is 13.3. The Hall–Kier alpha value is -4.62. The van der Waals surface area contributed by atoms with Crippen LogP contribution in [0.1, 0.15) is 45.6 Å². The number of hydrogen-bond acceptors (Lipinski definition) is 26. The molecule has 456 valence electrons. The molecule has 4 atom stereocenters. The van der Waals surface area contributed by atoms with Crippen molar-refractivity contribution < 1.29 is 186 Å². The Bertz CT molecular complexity index is 2160. The van der Waals surface area contributed by atoms with Crippen molar-refractivity contribution in [1.29, 1.82) is 0 Å². The molecule has 0 fully saturated rings. The zero-order valence-corrected chi connectivity index (χ0v) is 47.6. The SMILES string of the molecule is CO.CO.CO.CO.CO[C@@]([O-])(c1ccccn1)c1cccc([C@]([O-])(OC)c2ccccn2)n1.CO[C@@]([O-])(c1ccccn1)c1cccc([C@]([O-])(OC)c2ccccn2)n1.[Cu+2].[Cu+2].[Cu+2].[Cu+2].[N-]=[N+]=[N-].[N-]=[N+]=[N-].[O-][Cl+3]([O-])([O-])[O-].[O-][Cl+3]([O-])([O-])[O-]. The standard InChI is InChI=1S/2C19H17N3O4.4CH4O.2ClHO4.4Cu.2N3/c2*1-25-18(23,14-8-3-5-12-20-14)16-10-7-11-17(22-16)19(24,26-2)15-9-4-6-13-21-15;4*1-2;2*2-1(3,4)5;;;;;2*1-3-2/h2*3-13H,1-2H3;4*2H,1H3;2*(H,2,3,4,5);;;;;;/q2*-2;;;;;;;4*+2;2*-1/p-2/t2*18-,19+;;;;;;;;;;;;. The van der Waals surface area contributed by atoms with Crippen LogP contribution in [-0.2, 0) is 110 Å². The number of halogens is 2. The van der Waals surface area contributed by atoms with E-state index >= 15 is 0 Å². The maximum atomic E-state index is 13.3. The Morgan fingerprint density at radius 3 is 0.588 bits per heavy atom. The molecule has 0 unspecified atom stereocenters. The summed E-state index contributed by atoms with van der Waals surface area (Å²) in [6.45, 7) is 0. The summed E-state index contributed by atoms with van der Waals surface area (Å²) in [5.74, 6) is -8.63. The predicted molar refractivity (Wildman–Crippen MR) is 229 cm³/mol. The first-order valence-electron chi connectivity index (χ1n) is 19.6. The molecule has 4 radical (unpaired) electrons. The quantitative estimate of drug-likeness (QED) is 0.0291. The van der Waals surface area contributed by atoms with E-state index < -0.39 is 43.6 Å². The van der Waals surface area contributed by atoms with Gasteiger partial charge in [0.1, 0.15) is 0 Å². The number of nitrogens with zero attached hydrogens (tertiary/aromatic N) is 12. The van der Waals surface area contributed by atoms with Crippen LogP contribution in [0.2, 0.25) is 0 Å². The van der Waals surface area contributed by atoms with Gasteiger partial charge in [-0.25, -0.2) is 37.3 Å². The van der Waals surface area contributed by atoms with Gasteiger partial charge in [0, 0.05) is 81.7 Å². The summed E-state index contributed by atoms with van der Waals surface area (Å²) in [6.07, 6.45) is 5.97. The van der Waals surface area contributed by atoms with E-state index in [0.29, 0.717) is 0 Å². The summed E-state index contributed by atoms with van der Waals surface area (Å²) < 4.78 is 88.7. The maximum Gasteiger partial charge on any atom is 2.00 e. The molecule has 80 heavy (non-hydrogen) atoms.